The second-order valence-corrected chi connectivity index (χ2v) is 6.88. The molecule has 2 N–H and O–H groups in total. The summed E-state index contributed by atoms with van der Waals surface area (Å²) in [5.41, 5.74) is 3.50. The quantitative estimate of drug-likeness (QED) is 0.702. The Morgan fingerprint density at radius 3 is 2.79 bits per heavy atom. The second-order valence-electron chi connectivity index (χ2n) is 6.88. The minimum Gasteiger partial charge on any atom is -0.493 e. The second kappa shape index (κ2) is 7.93. The van der Waals surface area contributed by atoms with Gasteiger partial charge >= 0.3 is 0 Å². The lowest BCUT2D eigenvalue weighted by atomic mass is 10.1. The van der Waals surface area contributed by atoms with Crippen LogP contribution < -0.4 is 20.3 Å². The number of nitrogens with zero attached hydrogens (tertiary/aromatic N) is 4. The van der Waals surface area contributed by atoms with Crippen molar-refractivity contribution in [3.05, 3.63) is 48.3 Å². The van der Waals surface area contributed by atoms with E-state index in [0.29, 0.717) is 34.9 Å². The summed E-state index contributed by atoms with van der Waals surface area (Å²) < 4.78 is 20.1. The van der Waals surface area contributed by atoms with Gasteiger partial charge in [-0.15, -0.1) is 0 Å². The van der Waals surface area contributed by atoms with Crippen LogP contribution in [0.2, 0.25) is 0 Å². The van der Waals surface area contributed by atoms with Crippen molar-refractivity contribution < 1.29 is 9.13 Å². The first kappa shape index (κ1) is 18.4. The average Bonchev–Trinajstić information content (AvgIpc) is 2.71. The third-order valence-corrected chi connectivity index (χ3v) is 4.90. The number of hydrogen-bond donors (Lipinski definition) is 2. The van der Waals surface area contributed by atoms with Crippen LogP contribution in [0.3, 0.4) is 0 Å². The van der Waals surface area contributed by atoms with Crippen molar-refractivity contribution >= 4 is 22.4 Å². The maximum Gasteiger partial charge on any atom is 0.162 e. The van der Waals surface area contributed by atoms with Crippen molar-refractivity contribution in [3.63, 3.8) is 0 Å². The molecule has 0 aliphatic carbocycles. The van der Waals surface area contributed by atoms with Gasteiger partial charge in [0.25, 0.3) is 0 Å². The first-order valence-corrected chi connectivity index (χ1v) is 9.29. The highest BCUT2D eigenvalue weighted by molar-refractivity contribution is 5.77. The van der Waals surface area contributed by atoms with Gasteiger partial charge in [0.1, 0.15) is 11.5 Å². The summed E-state index contributed by atoms with van der Waals surface area (Å²) in [5.74, 6) is 0.387. The summed E-state index contributed by atoms with van der Waals surface area (Å²) in [7, 11) is 1.64. The van der Waals surface area contributed by atoms with Gasteiger partial charge in [-0.2, -0.15) is 0 Å². The third kappa shape index (κ3) is 3.68. The van der Waals surface area contributed by atoms with E-state index in [-0.39, 0.29) is 5.82 Å². The molecular weight excluding hydrogens is 359 g/mol. The lowest BCUT2D eigenvalue weighted by molar-refractivity contribution is 0.408. The maximum absolute atomic E-state index is 14.5. The van der Waals surface area contributed by atoms with Crippen molar-refractivity contribution in [3.8, 4) is 5.75 Å². The predicted molar refractivity (Wildman–Crippen MR) is 107 cm³/mol. The number of benzene rings is 1. The molecule has 146 valence electrons. The van der Waals surface area contributed by atoms with Gasteiger partial charge in [0.05, 0.1) is 36.2 Å². The number of hydrogen-bond acceptors (Lipinski definition) is 7. The summed E-state index contributed by atoms with van der Waals surface area (Å²) >= 11 is 0. The van der Waals surface area contributed by atoms with E-state index in [0.717, 1.165) is 31.0 Å². The van der Waals surface area contributed by atoms with Crippen molar-refractivity contribution in [2.75, 3.05) is 37.0 Å². The Bertz CT molecular complexity index is 982. The Labute approximate surface area is 163 Å². The molecule has 1 aliphatic heterocycles. The number of pyridine rings is 1. The Balaban J connectivity index is 1.62. The monoisotopic (exact) mass is 382 g/mol. The average molecular weight is 382 g/mol. The molecule has 3 heterocycles. The first-order chi connectivity index (χ1) is 13.7. The van der Waals surface area contributed by atoms with E-state index in [1.54, 1.807) is 38.0 Å². The summed E-state index contributed by atoms with van der Waals surface area (Å²) in [6.07, 6.45) is 6.62. The fourth-order valence-corrected chi connectivity index (χ4v) is 3.53. The van der Waals surface area contributed by atoms with Gasteiger partial charge in [0, 0.05) is 56.2 Å². The van der Waals surface area contributed by atoms with E-state index in [2.05, 4.69) is 37.4 Å². The van der Waals surface area contributed by atoms with Crippen LogP contribution >= 0.6 is 0 Å². The van der Waals surface area contributed by atoms with E-state index >= 15 is 0 Å². The van der Waals surface area contributed by atoms with Crippen LogP contribution in [0.15, 0.2) is 36.9 Å². The molecule has 0 spiro atoms. The predicted octanol–water partition coefficient (Wildman–Crippen LogP) is 2.58. The molecule has 3 aromatic rings. The number of aromatic nitrogens is 3. The zero-order chi connectivity index (χ0) is 19.5. The molecule has 0 amide bonds. The Morgan fingerprint density at radius 2 is 2.04 bits per heavy atom. The van der Waals surface area contributed by atoms with Crippen molar-refractivity contribution in [1.29, 1.82) is 0 Å². The number of fused-ring (bicyclic) bond motifs is 1. The van der Waals surface area contributed by atoms with Crippen molar-refractivity contribution in [2.45, 2.75) is 19.5 Å². The highest BCUT2D eigenvalue weighted by Gasteiger charge is 2.22. The van der Waals surface area contributed by atoms with Crippen LogP contribution in [0.1, 0.15) is 12.5 Å². The highest BCUT2D eigenvalue weighted by atomic mass is 19.1. The maximum atomic E-state index is 14.5. The van der Waals surface area contributed by atoms with Gasteiger partial charge in [-0.05, 0) is 13.0 Å². The van der Waals surface area contributed by atoms with E-state index in [1.807, 2.05) is 0 Å². The topological polar surface area (TPSA) is 75.2 Å². The normalized spacial score (nSPS) is 17.0. The number of piperazine rings is 1. The standard InChI is InChI=1S/C20H23FN6O/c1-13-12-27(6-5-23-13)20-18(10-22-11-19(20)28-2)26-9-14-7-16-17(8-15(14)21)25-4-3-24-16/h3-4,7-8,10-11,13,23,26H,5-6,9,12H2,1-2H3/t13-/m0/s1. The van der Waals surface area contributed by atoms with Crippen molar-refractivity contribution in [2.24, 2.45) is 0 Å². The fourth-order valence-electron chi connectivity index (χ4n) is 3.53. The molecule has 1 atom stereocenters. The van der Waals surface area contributed by atoms with Crippen molar-refractivity contribution in [1.82, 2.24) is 20.3 Å². The highest BCUT2D eigenvalue weighted by Crippen LogP contribution is 2.36. The van der Waals surface area contributed by atoms with Crippen LogP contribution in [0.25, 0.3) is 11.0 Å². The van der Waals surface area contributed by atoms with Gasteiger partial charge in [-0.3, -0.25) is 15.0 Å². The molecule has 1 fully saturated rings. The number of rotatable bonds is 5. The van der Waals surface area contributed by atoms with E-state index < -0.39 is 0 Å². The molecule has 0 radical (unpaired) electrons. The molecule has 28 heavy (non-hydrogen) atoms. The lowest BCUT2D eigenvalue weighted by Crippen LogP contribution is -2.49. The van der Waals surface area contributed by atoms with Crippen LogP contribution in [0, 0.1) is 5.82 Å². The number of ether oxygens (including phenoxy) is 1. The number of methoxy groups -OCH3 is 1. The molecule has 0 saturated carbocycles. The van der Waals surface area contributed by atoms with Gasteiger partial charge < -0.3 is 20.3 Å². The smallest absolute Gasteiger partial charge is 0.162 e. The minimum atomic E-state index is -0.311. The Kier molecular flexibility index (Phi) is 5.21. The van der Waals surface area contributed by atoms with Gasteiger partial charge in [-0.1, -0.05) is 0 Å². The zero-order valence-corrected chi connectivity index (χ0v) is 15.9. The Morgan fingerprint density at radius 1 is 1.25 bits per heavy atom. The molecule has 0 bridgehead atoms. The summed E-state index contributed by atoms with van der Waals surface area (Å²) in [4.78, 5) is 14.9. The number of nitrogens with one attached hydrogen (secondary N) is 2. The van der Waals surface area contributed by atoms with Gasteiger partial charge in [0.2, 0.25) is 0 Å². The van der Waals surface area contributed by atoms with Crippen LogP contribution in [-0.4, -0.2) is 47.7 Å². The SMILES string of the molecule is COc1cncc(NCc2cc3nccnc3cc2F)c1N1CCN[C@@H](C)C1. The molecule has 8 heteroatoms. The van der Waals surface area contributed by atoms with Gasteiger partial charge in [-0.25, -0.2) is 4.39 Å². The van der Waals surface area contributed by atoms with E-state index in [1.165, 1.54) is 6.07 Å². The molecule has 2 aromatic heterocycles. The molecule has 1 saturated heterocycles. The summed E-state index contributed by atoms with van der Waals surface area (Å²) in [6.45, 7) is 5.07. The fraction of sp³-hybridized carbons (Fsp3) is 0.350. The summed E-state index contributed by atoms with van der Waals surface area (Å²) in [6, 6.07) is 3.52. The molecular formula is C20H23FN6O. The van der Waals surface area contributed by atoms with Crippen LogP contribution in [0.4, 0.5) is 15.8 Å². The van der Waals surface area contributed by atoms with E-state index in [9.17, 15) is 4.39 Å². The molecule has 7 nitrogen and oxygen atoms in total. The summed E-state index contributed by atoms with van der Waals surface area (Å²) in [5, 5.41) is 6.77. The molecule has 4 rings (SSSR count). The van der Waals surface area contributed by atoms with E-state index in [4.69, 9.17) is 4.74 Å². The van der Waals surface area contributed by atoms with Crippen LogP contribution in [0.5, 0.6) is 5.75 Å². The minimum absolute atomic E-state index is 0.307. The van der Waals surface area contributed by atoms with Gasteiger partial charge in [0.15, 0.2) is 5.75 Å². The molecule has 0 unspecified atom stereocenters. The van der Waals surface area contributed by atoms with Crippen LogP contribution in [-0.2, 0) is 6.54 Å². The largest absolute Gasteiger partial charge is 0.493 e. The number of anilines is 2. The zero-order valence-electron chi connectivity index (χ0n) is 15.9. The molecule has 1 aromatic carbocycles. The number of halogens is 1. The Hall–Kier alpha value is -3.00. The molecule has 1 aliphatic rings. The lowest BCUT2D eigenvalue weighted by Gasteiger charge is -2.35. The third-order valence-electron chi connectivity index (χ3n) is 4.90. The first-order valence-electron chi connectivity index (χ1n) is 9.29.